The van der Waals surface area contributed by atoms with E-state index >= 15 is 0 Å². The number of carboxylic acid groups (broad SMARTS) is 1. The number of carbonyl (C=O) groups is 2. The third-order valence-corrected chi connectivity index (χ3v) is 2.80. The van der Waals surface area contributed by atoms with Gasteiger partial charge in [0.2, 0.25) is 0 Å². The van der Waals surface area contributed by atoms with Crippen molar-refractivity contribution >= 4 is 17.7 Å². The third-order valence-electron chi connectivity index (χ3n) is 2.80. The highest BCUT2D eigenvalue weighted by atomic mass is 19.1. The summed E-state index contributed by atoms with van der Waals surface area (Å²) in [4.78, 5) is 23.9. The van der Waals surface area contributed by atoms with Crippen LogP contribution >= 0.6 is 0 Å². The maximum atomic E-state index is 13.5. The molecule has 0 aliphatic carbocycles. The molecule has 0 radical (unpaired) electrons. The van der Waals surface area contributed by atoms with Gasteiger partial charge >= 0.3 is 12.0 Å². The highest BCUT2D eigenvalue weighted by Crippen LogP contribution is 2.20. The van der Waals surface area contributed by atoms with Gasteiger partial charge in [-0.1, -0.05) is 0 Å². The number of nitrogens with zero attached hydrogens (tertiary/aromatic N) is 1. The minimum atomic E-state index is -1.54. The Balaban J connectivity index is 2.80. The number of amides is 2. The molecule has 1 aromatic carbocycles. The van der Waals surface area contributed by atoms with E-state index in [4.69, 9.17) is 5.11 Å². The zero-order valence-electron chi connectivity index (χ0n) is 11.7. The number of urea groups is 1. The van der Waals surface area contributed by atoms with Gasteiger partial charge in [-0.25, -0.2) is 18.4 Å². The fourth-order valence-electron chi connectivity index (χ4n) is 1.61. The number of hydrogen-bond donors (Lipinski definition) is 3. The molecule has 0 atom stereocenters. The van der Waals surface area contributed by atoms with E-state index in [0.717, 1.165) is 6.07 Å². The van der Waals surface area contributed by atoms with Crippen molar-refractivity contribution in [2.24, 2.45) is 0 Å². The Morgan fingerprint density at radius 1 is 1.29 bits per heavy atom. The summed E-state index contributed by atoms with van der Waals surface area (Å²) in [5.74, 6) is -3.76. The Bertz CT molecular complexity index is 538. The van der Waals surface area contributed by atoms with Gasteiger partial charge in [0.25, 0.3) is 0 Å². The summed E-state index contributed by atoms with van der Waals surface area (Å²) in [7, 11) is 3.30. The topological polar surface area (TPSA) is 81.7 Å². The summed E-state index contributed by atoms with van der Waals surface area (Å²) < 4.78 is 26.8. The molecule has 3 N–H and O–H groups in total. The molecule has 8 heteroatoms. The molecular formula is C13H17F2N3O3. The van der Waals surface area contributed by atoms with Crippen LogP contribution in [-0.2, 0) is 0 Å². The van der Waals surface area contributed by atoms with E-state index < -0.39 is 29.2 Å². The van der Waals surface area contributed by atoms with Crippen LogP contribution in [0.2, 0.25) is 0 Å². The van der Waals surface area contributed by atoms with E-state index in [2.05, 4.69) is 10.6 Å². The van der Waals surface area contributed by atoms with Crippen molar-refractivity contribution in [3.05, 3.63) is 29.3 Å². The molecule has 0 heterocycles. The lowest BCUT2D eigenvalue weighted by Gasteiger charge is -2.18. The van der Waals surface area contributed by atoms with Crippen molar-refractivity contribution in [3.63, 3.8) is 0 Å². The number of rotatable bonds is 6. The molecule has 0 bridgehead atoms. The number of hydrogen-bond acceptors (Lipinski definition) is 3. The average molecular weight is 301 g/mol. The van der Waals surface area contributed by atoms with Crippen LogP contribution in [0, 0.1) is 11.6 Å². The van der Waals surface area contributed by atoms with Gasteiger partial charge in [0.1, 0.15) is 11.6 Å². The van der Waals surface area contributed by atoms with Crippen LogP contribution in [-0.4, -0.2) is 49.2 Å². The minimum absolute atomic E-state index is 0.376. The molecule has 1 rings (SSSR count). The lowest BCUT2D eigenvalue weighted by atomic mass is 10.2. The third kappa shape index (κ3) is 4.67. The number of nitrogens with one attached hydrogen (secondary N) is 2. The van der Waals surface area contributed by atoms with Gasteiger partial charge in [-0.05, 0) is 26.1 Å². The Kier molecular flexibility index (Phi) is 6.04. The molecule has 0 aromatic heterocycles. The van der Waals surface area contributed by atoms with Gasteiger partial charge < -0.3 is 20.6 Å². The number of aromatic carboxylic acids is 1. The summed E-state index contributed by atoms with van der Waals surface area (Å²) in [5, 5.41) is 13.9. The van der Waals surface area contributed by atoms with Gasteiger partial charge in [0, 0.05) is 19.7 Å². The lowest BCUT2D eigenvalue weighted by Crippen LogP contribution is -2.33. The van der Waals surface area contributed by atoms with Crippen molar-refractivity contribution < 1.29 is 23.5 Å². The Morgan fingerprint density at radius 3 is 2.52 bits per heavy atom. The zero-order valence-corrected chi connectivity index (χ0v) is 11.7. The smallest absolute Gasteiger partial charge is 0.338 e. The molecule has 1 aromatic rings. The average Bonchev–Trinajstić information content (AvgIpc) is 2.41. The number of carbonyl (C=O) groups excluding carboxylic acids is 1. The molecule has 116 valence electrons. The number of benzene rings is 1. The van der Waals surface area contributed by atoms with Crippen LogP contribution in [0.3, 0.4) is 0 Å². The first-order chi connectivity index (χ1) is 9.86. The van der Waals surface area contributed by atoms with Crippen LogP contribution in [0.1, 0.15) is 16.8 Å². The van der Waals surface area contributed by atoms with Gasteiger partial charge in [0.15, 0.2) is 0 Å². The van der Waals surface area contributed by atoms with Crippen LogP contribution in [0.25, 0.3) is 0 Å². The van der Waals surface area contributed by atoms with Gasteiger partial charge in [0.05, 0.1) is 11.3 Å². The van der Waals surface area contributed by atoms with Crippen molar-refractivity contribution in [2.45, 2.75) is 6.42 Å². The summed E-state index contributed by atoms with van der Waals surface area (Å²) in [6.07, 6.45) is 0.701. The number of anilines is 1. The normalized spacial score (nSPS) is 10.3. The first-order valence-corrected chi connectivity index (χ1v) is 6.26. The standard InChI is InChI=1S/C13H17F2N3O3/c1-16-4-3-5-18(2)13(21)17-11-6-8(12(19)20)9(14)7-10(11)15/h6-7,16H,3-5H2,1-2H3,(H,17,21)(H,19,20). The van der Waals surface area contributed by atoms with Crippen LogP contribution < -0.4 is 10.6 Å². The quantitative estimate of drug-likeness (QED) is 0.699. The highest BCUT2D eigenvalue weighted by molar-refractivity contribution is 5.93. The molecule has 21 heavy (non-hydrogen) atoms. The number of carboxylic acids is 1. The maximum absolute atomic E-state index is 13.5. The zero-order chi connectivity index (χ0) is 16.0. The van der Waals surface area contributed by atoms with Crippen molar-refractivity contribution in [1.82, 2.24) is 10.2 Å². The van der Waals surface area contributed by atoms with Gasteiger partial charge in [-0.3, -0.25) is 0 Å². The highest BCUT2D eigenvalue weighted by Gasteiger charge is 2.17. The van der Waals surface area contributed by atoms with E-state index in [1.165, 1.54) is 11.9 Å². The molecule has 0 spiro atoms. The molecule has 6 nitrogen and oxygen atoms in total. The lowest BCUT2D eigenvalue weighted by molar-refractivity contribution is 0.0692. The monoisotopic (exact) mass is 301 g/mol. The predicted molar refractivity (Wildman–Crippen MR) is 73.5 cm³/mol. The molecule has 0 saturated carbocycles. The molecule has 2 amide bonds. The second-order valence-corrected chi connectivity index (χ2v) is 4.43. The molecule has 0 fully saturated rings. The van der Waals surface area contributed by atoms with Crippen molar-refractivity contribution in [1.29, 1.82) is 0 Å². The Morgan fingerprint density at radius 2 is 1.95 bits per heavy atom. The minimum Gasteiger partial charge on any atom is -0.478 e. The van der Waals surface area contributed by atoms with E-state index in [0.29, 0.717) is 25.6 Å². The molecule has 0 unspecified atom stereocenters. The maximum Gasteiger partial charge on any atom is 0.338 e. The predicted octanol–water partition coefficient (Wildman–Crippen LogP) is 1.74. The summed E-state index contributed by atoms with van der Waals surface area (Å²) in [6.45, 7) is 1.15. The fraction of sp³-hybridized carbons (Fsp3) is 0.385. The molecule has 0 aliphatic heterocycles. The molecule has 0 saturated heterocycles. The van der Waals surface area contributed by atoms with E-state index in [9.17, 15) is 18.4 Å². The number of halogens is 2. The van der Waals surface area contributed by atoms with E-state index in [-0.39, 0.29) is 5.69 Å². The fourth-order valence-corrected chi connectivity index (χ4v) is 1.61. The summed E-state index contributed by atoms with van der Waals surface area (Å²) in [6, 6.07) is 0.583. The summed E-state index contributed by atoms with van der Waals surface area (Å²) >= 11 is 0. The first-order valence-electron chi connectivity index (χ1n) is 6.26. The second-order valence-electron chi connectivity index (χ2n) is 4.43. The molecule has 0 aliphatic rings. The SMILES string of the molecule is CNCCCN(C)C(=O)Nc1cc(C(=O)O)c(F)cc1F. The van der Waals surface area contributed by atoms with Crippen LogP contribution in [0.4, 0.5) is 19.3 Å². The first kappa shape index (κ1) is 16.8. The van der Waals surface area contributed by atoms with Crippen molar-refractivity contribution in [3.8, 4) is 0 Å². The Hall–Kier alpha value is -2.22. The molecular weight excluding hydrogens is 284 g/mol. The van der Waals surface area contributed by atoms with E-state index in [1.807, 2.05) is 0 Å². The summed E-state index contributed by atoms with van der Waals surface area (Å²) in [5.41, 5.74) is -1.08. The van der Waals surface area contributed by atoms with Crippen LogP contribution in [0.15, 0.2) is 12.1 Å². The Labute approximate surface area is 120 Å². The van der Waals surface area contributed by atoms with Crippen LogP contribution in [0.5, 0.6) is 0 Å². The van der Waals surface area contributed by atoms with Gasteiger partial charge in [-0.15, -0.1) is 0 Å². The van der Waals surface area contributed by atoms with E-state index in [1.54, 1.807) is 7.05 Å². The largest absolute Gasteiger partial charge is 0.478 e. The van der Waals surface area contributed by atoms with Crippen molar-refractivity contribution in [2.75, 3.05) is 32.5 Å². The second kappa shape index (κ2) is 7.53. The van der Waals surface area contributed by atoms with Gasteiger partial charge in [-0.2, -0.15) is 0 Å².